The van der Waals surface area contributed by atoms with E-state index < -0.39 is 15.6 Å². The molecule has 0 unspecified atom stereocenters. The molecule has 1 heterocycles. The molecule has 1 aliphatic carbocycles. The molecule has 1 aromatic heterocycles. The Morgan fingerprint density at radius 3 is 2.62 bits per heavy atom. The van der Waals surface area contributed by atoms with Crippen molar-refractivity contribution in [3.05, 3.63) is 30.1 Å². The van der Waals surface area contributed by atoms with Crippen LogP contribution in [0.25, 0.3) is 11.5 Å². The predicted molar refractivity (Wildman–Crippen MR) is 92.2 cm³/mol. The van der Waals surface area contributed by atoms with Gasteiger partial charge in [-0.3, -0.25) is 0 Å². The number of nitrogens with zero attached hydrogens (tertiary/aromatic N) is 2. The molecular weight excluding hydrogens is 352 g/mol. The van der Waals surface area contributed by atoms with Crippen LogP contribution >= 0.6 is 12.4 Å². The number of halogens is 1. The minimum atomic E-state index is -3.57. The van der Waals surface area contributed by atoms with E-state index in [9.17, 15) is 8.42 Å². The van der Waals surface area contributed by atoms with Crippen LogP contribution in [0.1, 0.15) is 38.9 Å². The predicted octanol–water partition coefficient (Wildman–Crippen LogP) is 2.18. The third-order valence-electron chi connectivity index (χ3n) is 3.90. The minimum Gasteiger partial charge on any atom is -0.334 e. The Hall–Kier alpha value is -1.48. The first-order chi connectivity index (χ1) is 10.8. The Balaban J connectivity index is 0.00000208. The van der Waals surface area contributed by atoms with Gasteiger partial charge in [-0.2, -0.15) is 4.98 Å². The van der Waals surface area contributed by atoms with Gasteiger partial charge in [0, 0.05) is 11.6 Å². The van der Waals surface area contributed by atoms with Gasteiger partial charge in [-0.05, 0) is 51.3 Å². The van der Waals surface area contributed by atoms with Crippen LogP contribution < -0.4 is 10.5 Å². The molecule has 0 spiro atoms. The zero-order chi connectivity index (χ0) is 16.7. The van der Waals surface area contributed by atoms with E-state index in [2.05, 4.69) is 14.9 Å². The number of hydrogen-bond donors (Lipinski definition) is 2. The first-order valence-corrected chi connectivity index (χ1v) is 9.04. The second-order valence-corrected chi connectivity index (χ2v) is 7.95. The van der Waals surface area contributed by atoms with Crippen molar-refractivity contribution in [1.29, 1.82) is 0 Å². The second kappa shape index (κ2) is 6.79. The summed E-state index contributed by atoms with van der Waals surface area (Å²) in [5.41, 5.74) is 6.22. The van der Waals surface area contributed by atoms with Crippen molar-refractivity contribution in [2.75, 3.05) is 0 Å². The standard InChI is InChI=1S/C15H20N4O3S.ClH/c1-10(2)19-23(20,21)12-6-3-5-11(9-12)13-17-14(18-22-13)15(16)7-4-8-15;/h3,5-6,9-10,19H,4,7-8,16H2,1-2H3;1H. The first kappa shape index (κ1) is 18.9. The molecule has 1 fully saturated rings. The number of nitrogens with one attached hydrogen (secondary N) is 1. The Morgan fingerprint density at radius 1 is 1.33 bits per heavy atom. The number of aromatic nitrogens is 2. The van der Waals surface area contributed by atoms with E-state index in [4.69, 9.17) is 10.3 Å². The SMILES string of the molecule is CC(C)NS(=O)(=O)c1cccc(-c2nc(C3(N)CCC3)no2)c1.Cl. The zero-order valence-corrected chi connectivity index (χ0v) is 15.2. The molecule has 3 N–H and O–H groups in total. The monoisotopic (exact) mass is 372 g/mol. The van der Waals surface area contributed by atoms with Crippen LogP contribution in [0.2, 0.25) is 0 Å². The summed E-state index contributed by atoms with van der Waals surface area (Å²) in [6.45, 7) is 3.54. The quantitative estimate of drug-likeness (QED) is 0.832. The van der Waals surface area contributed by atoms with Gasteiger partial charge in [0.15, 0.2) is 5.82 Å². The highest BCUT2D eigenvalue weighted by molar-refractivity contribution is 7.89. The van der Waals surface area contributed by atoms with Crippen molar-refractivity contribution in [3.63, 3.8) is 0 Å². The van der Waals surface area contributed by atoms with Crippen molar-refractivity contribution >= 4 is 22.4 Å². The minimum absolute atomic E-state index is 0. The maximum absolute atomic E-state index is 12.2. The van der Waals surface area contributed by atoms with E-state index in [1.165, 1.54) is 12.1 Å². The van der Waals surface area contributed by atoms with Crippen molar-refractivity contribution in [3.8, 4) is 11.5 Å². The summed E-state index contributed by atoms with van der Waals surface area (Å²) in [6, 6.07) is 6.24. The summed E-state index contributed by atoms with van der Waals surface area (Å²) >= 11 is 0. The van der Waals surface area contributed by atoms with Crippen molar-refractivity contribution in [1.82, 2.24) is 14.9 Å². The number of sulfonamides is 1. The summed E-state index contributed by atoms with van der Waals surface area (Å²) < 4.78 is 32.3. The largest absolute Gasteiger partial charge is 0.334 e. The lowest BCUT2D eigenvalue weighted by atomic mass is 9.77. The summed E-state index contributed by atoms with van der Waals surface area (Å²) in [6.07, 6.45) is 2.71. The highest BCUT2D eigenvalue weighted by atomic mass is 35.5. The molecule has 0 amide bonds. The lowest BCUT2D eigenvalue weighted by Gasteiger charge is -2.34. The smallest absolute Gasteiger partial charge is 0.258 e. The molecule has 2 aromatic rings. The van der Waals surface area contributed by atoms with Gasteiger partial charge < -0.3 is 10.3 Å². The molecule has 7 nitrogen and oxygen atoms in total. The van der Waals surface area contributed by atoms with Crippen LogP contribution in [-0.4, -0.2) is 24.6 Å². The van der Waals surface area contributed by atoms with Gasteiger partial charge in [-0.15, -0.1) is 12.4 Å². The maximum atomic E-state index is 12.2. The highest BCUT2D eigenvalue weighted by Crippen LogP contribution is 2.37. The zero-order valence-electron chi connectivity index (χ0n) is 13.5. The fourth-order valence-electron chi connectivity index (χ4n) is 2.50. The average Bonchev–Trinajstić information content (AvgIpc) is 2.94. The van der Waals surface area contributed by atoms with Crippen molar-refractivity contribution in [2.45, 2.75) is 49.6 Å². The molecule has 0 saturated heterocycles. The van der Waals surface area contributed by atoms with E-state index in [-0.39, 0.29) is 29.2 Å². The molecule has 0 aliphatic heterocycles. The molecule has 132 valence electrons. The Kier molecular flexibility index (Phi) is 5.34. The fraction of sp³-hybridized carbons (Fsp3) is 0.467. The van der Waals surface area contributed by atoms with Gasteiger partial charge in [0.05, 0.1) is 10.4 Å². The summed E-state index contributed by atoms with van der Waals surface area (Å²) in [5, 5.41) is 3.95. The van der Waals surface area contributed by atoms with Crippen molar-refractivity contribution in [2.24, 2.45) is 5.73 Å². The number of rotatable bonds is 5. The Labute approximate surface area is 147 Å². The van der Waals surface area contributed by atoms with Gasteiger partial charge in [0.2, 0.25) is 10.0 Å². The van der Waals surface area contributed by atoms with Crippen LogP contribution in [0.3, 0.4) is 0 Å². The van der Waals surface area contributed by atoms with Gasteiger partial charge in [0.25, 0.3) is 5.89 Å². The molecule has 1 saturated carbocycles. The topological polar surface area (TPSA) is 111 Å². The lowest BCUT2D eigenvalue weighted by Crippen LogP contribution is -2.44. The summed E-state index contributed by atoms with van der Waals surface area (Å²) in [5.74, 6) is 0.755. The molecule has 0 atom stereocenters. The Morgan fingerprint density at radius 2 is 2.04 bits per heavy atom. The molecule has 0 radical (unpaired) electrons. The van der Waals surface area contributed by atoms with Crippen LogP contribution in [0.5, 0.6) is 0 Å². The Bertz CT molecular complexity index is 816. The van der Waals surface area contributed by atoms with Gasteiger partial charge in [-0.25, -0.2) is 13.1 Å². The summed E-state index contributed by atoms with van der Waals surface area (Å²) in [7, 11) is -3.57. The van der Waals surface area contributed by atoms with Crippen LogP contribution in [0, 0.1) is 0 Å². The van der Waals surface area contributed by atoms with Gasteiger partial charge >= 0.3 is 0 Å². The molecule has 24 heavy (non-hydrogen) atoms. The molecular formula is C15H21ClN4O3S. The normalized spacial score (nSPS) is 16.5. The van der Waals surface area contributed by atoms with E-state index in [1.807, 2.05) is 0 Å². The molecule has 0 bridgehead atoms. The highest BCUT2D eigenvalue weighted by Gasteiger charge is 2.39. The maximum Gasteiger partial charge on any atom is 0.258 e. The number of nitrogens with two attached hydrogens (primary N) is 1. The second-order valence-electron chi connectivity index (χ2n) is 6.24. The van der Waals surface area contributed by atoms with Crippen molar-refractivity contribution < 1.29 is 12.9 Å². The van der Waals surface area contributed by atoms with E-state index >= 15 is 0 Å². The third-order valence-corrected chi connectivity index (χ3v) is 5.56. The fourth-order valence-corrected chi connectivity index (χ4v) is 3.80. The average molecular weight is 373 g/mol. The third kappa shape index (κ3) is 3.61. The lowest BCUT2D eigenvalue weighted by molar-refractivity contribution is 0.229. The summed E-state index contributed by atoms with van der Waals surface area (Å²) in [4.78, 5) is 4.50. The first-order valence-electron chi connectivity index (χ1n) is 7.56. The van der Waals surface area contributed by atoms with Crippen LogP contribution in [0.15, 0.2) is 33.7 Å². The van der Waals surface area contributed by atoms with E-state index in [1.54, 1.807) is 26.0 Å². The van der Waals surface area contributed by atoms with Crippen LogP contribution in [-0.2, 0) is 15.6 Å². The molecule has 1 aliphatic rings. The molecule has 1 aromatic carbocycles. The number of hydrogen-bond acceptors (Lipinski definition) is 6. The van der Waals surface area contributed by atoms with E-state index in [0.717, 1.165) is 19.3 Å². The molecule has 9 heteroatoms. The van der Waals surface area contributed by atoms with Crippen LogP contribution in [0.4, 0.5) is 0 Å². The van der Waals surface area contributed by atoms with E-state index in [0.29, 0.717) is 11.4 Å². The van der Waals surface area contributed by atoms with Gasteiger partial charge in [0.1, 0.15) is 0 Å². The van der Waals surface area contributed by atoms with Gasteiger partial charge in [-0.1, -0.05) is 11.2 Å². The molecule has 3 rings (SSSR count). The number of benzene rings is 1.